The first kappa shape index (κ1) is 69.1. The summed E-state index contributed by atoms with van der Waals surface area (Å²) < 4.78 is 4.91. The number of furan rings is 1. The lowest BCUT2D eigenvalue weighted by atomic mass is 9.99. The average molecular weight is 1110 g/mol. The lowest BCUT2D eigenvalue weighted by molar-refractivity contribution is -0.142. The van der Waals surface area contributed by atoms with E-state index in [0.717, 1.165) is 28.9 Å². The topological polar surface area (TPSA) is 200 Å². The number of rotatable bonds is 17. The molecule has 0 unspecified atom stereocenters. The monoisotopic (exact) mass is 1110 g/mol. The molecule has 0 saturated heterocycles. The van der Waals surface area contributed by atoms with Crippen LogP contribution >= 0.6 is 0 Å². The number of ketones is 3. The number of amides is 3. The molecule has 81 heavy (non-hydrogen) atoms. The summed E-state index contributed by atoms with van der Waals surface area (Å²) in [7, 11) is 1.80. The SMILES string of the molecule is CC(C)C(=O)/C=C/c1ccccc1.CC(C)C(=O)C[C@H](O)c1ccccc1.CC(C)C(=O)N(C)c1ccccc1.CC(C)C(=O)N[C@H](C(=O)O)c1ccccc1.CC(C)C(=O)Nc1ccc2c(c1)CCC2.CC(C)C(=O)c1ccco1. The summed E-state index contributed by atoms with van der Waals surface area (Å²) in [5.41, 5.74) is 7.17. The zero-order valence-electron chi connectivity index (χ0n) is 49.7. The lowest BCUT2D eigenvalue weighted by Gasteiger charge is -2.19. The maximum atomic E-state index is 11.6. The second-order valence-corrected chi connectivity index (χ2v) is 21.3. The number of carboxylic acid groups (broad SMARTS) is 1. The minimum atomic E-state index is -1.06. The van der Waals surface area contributed by atoms with Gasteiger partial charge in [-0.1, -0.05) is 204 Å². The van der Waals surface area contributed by atoms with Crippen molar-refractivity contribution in [3.05, 3.63) is 198 Å². The van der Waals surface area contributed by atoms with Gasteiger partial charge in [0.05, 0.1) is 12.4 Å². The number of hydrogen-bond donors (Lipinski definition) is 4. The van der Waals surface area contributed by atoms with Crippen LogP contribution in [0.5, 0.6) is 0 Å². The van der Waals surface area contributed by atoms with E-state index >= 15 is 0 Å². The molecule has 0 bridgehead atoms. The van der Waals surface area contributed by atoms with Crippen LogP contribution in [0.2, 0.25) is 0 Å². The van der Waals surface area contributed by atoms with E-state index in [2.05, 4.69) is 22.8 Å². The van der Waals surface area contributed by atoms with Gasteiger partial charge in [0.1, 0.15) is 5.78 Å². The number of benzene rings is 5. The first-order valence-electron chi connectivity index (χ1n) is 27.8. The number of aryl methyl sites for hydroxylation is 2. The number of Topliss-reactive ketones (excluding diaryl/α,β-unsaturated/α-hetero) is 2. The van der Waals surface area contributed by atoms with Gasteiger partial charge in [0.25, 0.3) is 0 Å². The highest BCUT2D eigenvalue weighted by atomic mass is 16.4. The van der Waals surface area contributed by atoms with Gasteiger partial charge >= 0.3 is 5.97 Å². The Kier molecular flexibility index (Phi) is 31.6. The normalized spacial score (nSPS) is 11.9. The van der Waals surface area contributed by atoms with Crippen LogP contribution in [0.25, 0.3) is 6.08 Å². The van der Waals surface area contributed by atoms with Crippen LogP contribution < -0.4 is 15.5 Å². The Morgan fingerprint density at radius 3 is 1.56 bits per heavy atom. The van der Waals surface area contributed by atoms with Gasteiger partial charge in [-0.05, 0) is 89.6 Å². The molecule has 0 radical (unpaired) electrons. The van der Waals surface area contributed by atoms with Crippen molar-refractivity contribution in [3.8, 4) is 0 Å². The molecule has 1 aliphatic carbocycles. The second kappa shape index (κ2) is 37.0. The van der Waals surface area contributed by atoms with E-state index in [1.54, 1.807) is 74.3 Å². The Labute approximate surface area is 481 Å². The zero-order chi connectivity index (χ0) is 60.6. The van der Waals surface area contributed by atoms with Crippen molar-refractivity contribution < 1.29 is 48.2 Å². The highest BCUT2D eigenvalue weighted by molar-refractivity contribution is 5.96. The van der Waals surface area contributed by atoms with E-state index in [-0.39, 0.29) is 77.0 Å². The van der Waals surface area contributed by atoms with Gasteiger partial charge in [-0.25, -0.2) is 4.79 Å². The first-order valence-corrected chi connectivity index (χ1v) is 27.8. The first-order chi connectivity index (χ1) is 38.3. The van der Waals surface area contributed by atoms with Gasteiger partial charge in [-0.3, -0.25) is 28.8 Å². The average Bonchev–Trinajstić information content (AvgIpc) is 4.19. The summed E-state index contributed by atoms with van der Waals surface area (Å²) in [4.78, 5) is 81.0. The molecule has 4 N–H and O–H groups in total. The number of aliphatic carboxylic acids is 1. The number of aliphatic hydroxyl groups excluding tert-OH is 1. The van der Waals surface area contributed by atoms with Crippen molar-refractivity contribution >= 4 is 58.5 Å². The fourth-order valence-corrected chi connectivity index (χ4v) is 7.20. The zero-order valence-corrected chi connectivity index (χ0v) is 49.7. The quantitative estimate of drug-likeness (QED) is 0.0503. The Bertz CT molecular complexity index is 2840. The molecule has 0 fully saturated rings. The number of allylic oxidation sites excluding steroid dienone is 1. The number of fused-ring (bicyclic) bond motifs is 1. The smallest absolute Gasteiger partial charge is 0.330 e. The standard InChI is InChI=1S/C13H17NO.C12H15NO3.C12H16O2.C12H14O.C11H15NO.C8H10O2/c1-9(2)13(15)14-12-7-6-10-4-3-5-11(10)8-12;1-8(2)11(14)13-10(12(15)16)9-6-4-3-5-7-9;1-9(2)11(13)8-12(14)10-6-4-3-5-7-10;1-10(2)12(13)9-8-11-6-4-3-5-7-11;1-9(2)11(13)12(3)10-7-5-4-6-8-10;1-6(2)8(9)7-4-3-5-10-7/h6-9H,3-5H2,1-2H3,(H,14,15);3-8,10H,1-2H3,(H,13,14)(H,15,16);3-7,9,12,14H,8H2,1-2H3;3-10H,1-2H3;4-9H,1-3H3;3-6H,1-2H3/b;;;9-8+;;/t;10-;12-;;;/m.00.../s1. The third kappa shape index (κ3) is 26.7. The van der Waals surface area contributed by atoms with Crippen LogP contribution in [0.1, 0.15) is 146 Å². The Balaban J connectivity index is 0.000000334. The molecule has 6 aromatic rings. The highest BCUT2D eigenvalue weighted by Crippen LogP contribution is 2.25. The lowest BCUT2D eigenvalue weighted by Crippen LogP contribution is -2.36. The number of para-hydroxylation sites is 1. The van der Waals surface area contributed by atoms with Crippen molar-refractivity contribution in [2.75, 3.05) is 17.3 Å². The molecule has 1 heterocycles. The Morgan fingerprint density at radius 2 is 1.09 bits per heavy atom. The maximum Gasteiger partial charge on any atom is 0.330 e. The van der Waals surface area contributed by atoms with Crippen LogP contribution in [-0.4, -0.2) is 58.3 Å². The molecule has 1 aromatic heterocycles. The Morgan fingerprint density at radius 1 is 0.568 bits per heavy atom. The molecule has 434 valence electrons. The van der Waals surface area contributed by atoms with Crippen molar-refractivity contribution in [3.63, 3.8) is 0 Å². The van der Waals surface area contributed by atoms with Crippen LogP contribution in [0.15, 0.2) is 168 Å². The molecule has 3 amide bonds. The molecule has 0 aliphatic heterocycles. The minimum Gasteiger partial charge on any atom is -0.479 e. The predicted molar refractivity (Wildman–Crippen MR) is 325 cm³/mol. The molecule has 2 atom stereocenters. The number of carbonyl (C=O) groups excluding carboxylic acids is 6. The summed E-state index contributed by atoms with van der Waals surface area (Å²) in [6, 6.07) is 46.1. The van der Waals surface area contributed by atoms with Crippen LogP contribution in [0.3, 0.4) is 0 Å². The molecule has 5 aromatic carbocycles. The van der Waals surface area contributed by atoms with Crippen molar-refractivity contribution in [1.82, 2.24) is 5.32 Å². The molecule has 7 rings (SSSR count). The third-order valence-electron chi connectivity index (χ3n) is 12.4. The molecule has 1 aliphatic rings. The van der Waals surface area contributed by atoms with Crippen LogP contribution in [0.4, 0.5) is 11.4 Å². The number of nitrogens with zero attached hydrogens (tertiary/aromatic N) is 1. The molecule has 13 heteroatoms. The molecule has 13 nitrogen and oxygen atoms in total. The van der Waals surface area contributed by atoms with Gasteiger partial charge in [0.15, 0.2) is 23.4 Å². The van der Waals surface area contributed by atoms with Gasteiger partial charge in [-0.15, -0.1) is 0 Å². The summed E-state index contributed by atoms with van der Waals surface area (Å²) in [6.07, 6.45) is 8.14. The van der Waals surface area contributed by atoms with Gasteiger partial charge < -0.3 is 30.2 Å². The number of anilines is 2. The molecule has 0 saturated carbocycles. The van der Waals surface area contributed by atoms with Crippen molar-refractivity contribution in [2.24, 2.45) is 35.5 Å². The maximum absolute atomic E-state index is 11.6. The summed E-state index contributed by atoms with van der Waals surface area (Å²) in [5, 5.41) is 24.2. The molecule has 0 spiro atoms. The summed E-state index contributed by atoms with van der Waals surface area (Å²) >= 11 is 0. The third-order valence-corrected chi connectivity index (χ3v) is 12.4. The number of aliphatic hydroxyl groups is 1. The fraction of sp³-hybridized carbons (Fsp3) is 0.368. The van der Waals surface area contributed by atoms with E-state index in [9.17, 15) is 38.7 Å². The number of hydrogen-bond acceptors (Lipinski definition) is 9. The number of nitrogens with one attached hydrogen (secondary N) is 2. The van der Waals surface area contributed by atoms with Gasteiger partial charge in [0, 0.05) is 60.4 Å². The summed E-state index contributed by atoms with van der Waals surface area (Å²) in [5.74, 6) is -0.352. The largest absolute Gasteiger partial charge is 0.479 e. The highest BCUT2D eigenvalue weighted by Gasteiger charge is 2.23. The fourth-order valence-electron chi connectivity index (χ4n) is 7.20. The van der Waals surface area contributed by atoms with E-state index in [1.165, 1.54) is 30.2 Å². The van der Waals surface area contributed by atoms with Gasteiger partial charge in [-0.2, -0.15) is 0 Å². The van der Waals surface area contributed by atoms with Crippen LogP contribution in [-0.2, 0) is 41.6 Å². The van der Waals surface area contributed by atoms with E-state index in [1.807, 2.05) is 172 Å². The van der Waals surface area contributed by atoms with Crippen molar-refractivity contribution in [1.29, 1.82) is 0 Å². The molecular weight excluding hydrogens is 1020 g/mol. The van der Waals surface area contributed by atoms with E-state index in [0.29, 0.717) is 11.3 Å². The van der Waals surface area contributed by atoms with Gasteiger partial charge in [0.2, 0.25) is 17.7 Å². The Hall–Kier alpha value is -8.03. The summed E-state index contributed by atoms with van der Waals surface area (Å²) in [6.45, 7) is 22.3. The minimum absolute atomic E-state index is 0.00615. The van der Waals surface area contributed by atoms with E-state index < -0.39 is 18.1 Å². The number of carbonyl (C=O) groups is 7. The van der Waals surface area contributed by atoms with E-state index in [4.69, 9.17) is 9.52 Å². The predicted octanol–water partition coefficient (Wildman–Crippen LogP) is 14.0. The molecular formula is C68H87N3O10. The van der Waals surface area contributed by atoms with Crippen molar-refractivity contribution in [2.45, 2.75) is 121 Å². The second-order valence-electron chi connectivity index (χ2n) is 21.3. The van der Waals surface area contributed by atoms with Crippen LogP contribution in [0, 0.1) is 35.5 Å². The number of carboxylic acids is 1.